The summed E-state index contributed by atoms with van der Waals surface area (Å²) in [5.41, 5.74) is 0.441. The van der Waals surface area contributed by atoms with Gasteiger partial charge in [-0.2, -0.15) is 0 Å². The molecule has 1 heteroatoms. The molecule has 0 heterocycles. The maximum atomic E-state index is 3.65. The van der Waals surface area contributed by atoms with E-state index in [1.807, 2.05) is 0 Å². The van der Waals surface area contributed by atoms with Gasteiger partial charge in [0.25, 0.3) is 0 Å². The van der Waals surface area contributed by atoms with Gasteiger partial charge in [0.15, 0.2) is 0 Å². The molecule has 3 aliphatic carbocycles. The van der Waals surface area contributed by atoms with E-state index in [1.165, 1.54) is 25.9 Å². The van der Waals surface area contributed by atoms with Crippen molar-refractivity contribution in [1.82, 2.24) is 5.32 Å². The van der Waals surface area contributed by atoms with Gasteiger partial charge in [0.2, 0.25) is 0 Å². The van der Waals surface area contributed by atoms with Gasteiger partial charge in [-0.25, -0.2) is 0 Å². The van der Waals surface area contributed by atoms with Gasteiger partial charge in [0.1, 0.15) is 0 Å². The Hall–Kier alpha value is -0.0400. The van der Waals surface area contributed by atoms with Crippen LogP contribution >= 0.6 is 0 Å². The quantitative estimate of drug-likeness (QED) is 0.730. The molecule has 3 aliphatic rings. The first-order valence-electron chi connectivity index (χ1n) is 6.25. The highest BCUT2D eigenvalue weighted by molar-refractivity contribution is 4.91. The molecule has 14 heavy (non-hydrogen) atoms. The SMILES string of the molecule is CC(C)(C)CNCC1CCC2CC1C2. The Kier molecular flexibility index (Phi) is 2.88. The number of hydrogen-bond donors (Lipinski definition) is 1. The maximum Gasteiger partial charge on any atom is -0.000000745 e. The van der Waals surface area contributed by atoms with Gasteiger partial charge in [-0.1, -0.05) is 27.2 Å². The molecule has 3 fully saturated rings. The fraction of sp³-hybridized carbons (Fsp3) is 1.00. The molecular formula is C13H25N. The summed E-state index contributed by atoms with van der Waals surface area (Å²) in [6, 6.07) is 0. The lowest BCUT2D eigenvalue weighted by Crippen LogP contribution is -2.42. The second kappa shape index (κ2) is 3.84. The van der Waals surface area contributed by atoms with Crippen LogP contribution in [0.15, 0.2) is 0 Å². The van der Waals surface area contributed by atoms with E-state index in [1.54, 1.807) is 12.8 Å². The van der Waals surface area contributed by atoms with Gasteiger partial charge in [-0.15, -0.1) is 0 Å². The summed E-state index contributed by atoms with van der Waals surface area (Å²) in [4.78, 5) is 0. The normalized spacial score (nSPS) is 36.6. The van der Waals surface area contributed by atoms with Crippen molar-refractivity contribution in [1.29, 1.82) is 0 Å². The topological polar surface area (TPSA) is 12.0 Å². The Labute approximate surface area is 88.7 Å². The molecule has 1 nitrogen and oxygen atoms in total. The Bertz CT molecular complexity index is 183. The molecule has 1 atom stereocenters. The van der Waals surface area contributed by atoms with Crippen LogP contribution in [0.2, 0.25) is 0 Å². The fourth-order valence-electron chi connectivity index (χ4n) is 2.99. The van der Waals surface area contributed by atoms with Crippen LogP contribution in [0.5, 0.6) is 0 Å². The molecule has 3 rings (SSSR count). The summed E-state index contributed by atoms with van der Waals surface area (Å²) < 4.78 is 0. The van der Waals surface area contributed by atoms with Gasteiger partial charge in [0.05, 0.1) is 0 Å². The van der Waals surface area contributed by atoms with Gasteiger partial charge < -0.3 is 5.32 Å². The highest BCUT2D eigenvalue weighted by Crippen LogP contribution is 2.48. The number of rotatable bonds is 3. The van der Waals surface area contributed by atoms with Crippen LogP contribution in [-0.2, 0) is 0 Å². The monoisotopic (exact) mass is 195 g/mol. The molecule has 0 aromatic carbocycles. The number of nitrogens with one attached hydrogen (secondary N) is 1. The first-order valence-corrected chi connectivity index (χ1v) is 6.25. The van der Waals surface area contributed by atoms with Crippen molar-refractivity contribution in [2.45, 2.75) is 46.5 Å². The van der Waals surface area contributed by atoms with E-state index < -0.39 is 0 Å². The summed E-state index contributed by atoms with van der Waals surface area (Å²) >= 11 is 0. The molecule has 2 bridgehead atoms. The molecule has 1 unspecified atom stereocenters. The Morgan fingerprint density at radius 3 is 2.36 bits per heavy atom. The van der Waals surface area contributed by atoms with Crippen molar-refractivity contribution in [3.63, 3.8) is 0 Å². The molecule has 0 aromatic heterocycles. The van der Waals surface area contributed by atoms with Crippen molar-refractivity contribution in [2.75, 3.05) is 13.1 Å². The van der Waals surface area contributed by atoms with Crippen LogP contribution < -0.4 is 5.32 Å². The number of fused-ring (bicyclic) bond motifs is 2. The van der Waals surface area contributed by atoms with Crippen LogP contribution in [0.3, 0.4) is 0 Å². The summed E-state index contributed by atoms with van der Waals surface area (Å²) in [6.45, 7) is 9.36. The minimum Gasteiger partial charge on any atom is -0.316 e. The Morgan fingerprint density at radius 1 is 1.14 bits per heavy atom. The second-order valence-corrected chi connectivity index (χ2v) is 6.63. The smallest absolute Gasteiger partial charge is 0.000000745 e. The van der Waals surface area contributed by atoms with Crippen LogP contribution in [-0.4, -0.2) is 13.1 Å². The highest BCUT2D eigenvalue weighted by atomic mass is 14.9. The summed E-state index contributed by atoms with van der Waals surface area (Å²) in [5, 5.41) is 3.65. The zero-order chi connectivity index (χ0) is 10.2. The van der Waals surface area contributed by atoms with Gasteiger partial charge >= 0.3 is 0 Å². The van der Waals surface area contributed by atoms with Gasteiger partial charge in [-0.05, 0) is 55.5 Å². The van der Waals surface area contributed by atoms with Crippen LogP contribution in [0, 0.1) is 23.2 Å². The van der Waals surface area contributed by atoms with Crippen molar-refractivity contribution < 1.29 is 0 Å². The van der Waals surface area contributed by atoms with Crippen molar-refractivity contribution in [3.05, 3.63) is 0 Å². The third-order valence-corrected chi connectivity index (χ3v) is 3.95. The van der Waals surface area contributed by atoms with Crippen molar-refractivity contribution in [3.8, 4) is 0 Å². The molecule has 82 valence electrons. The molecule has 0 amide bonds. The lowest BCUT2D eigenvalue weighted by atomic mass is 9.60. The van der Waals surface area contributed by atoms with E-state index in [2.05, 4.69) is 26.1 Å². The van der Waals surface area contributed by atoms with Gasteiger partial charge in [-0.3, -0.25) is 0 Å². The zero-order valence-corrected chi connectivity index (χ0v) is 9.97. The predicted molar refractivity (Wildman–Crippen MR) is 61.3 cm³/mol. The van der Waals surface area contributed by atoms with E-state index in [4.69, 9.17) is 0 Å². The van der Waals surface area contributed by atoms with Gasteiger partial charge in [0, 0.05) is 0 Å². The van der Waals surface area contributed by atoms with E-state index in [0.29, 0.717) is 5.41 Å². The number of hydrogen-bond acceptors (Lipinski definition) is 1. The molecule has 3 saturated carbocycles. The molecule has 0 aromatic rings. The molecule has 0 aliphatic heterocycles. The molecule has 0 saturated heterocycles. The Morgan fingerprint density at radius 2 is 1.86 bits per heavy atom. The van der Waals surface area contributed by atoms with E-state index in [-0.39, 0.29) is 0 Å². The predicted octanol–water partition coefficient (Wildman–Crippen LogP) is 3.06. The molecule has 0 radical (unpaired) electrons. The average Bonchev–Trinajstić information content (AvgIpc) is 2.00. The lowest BCUT2D eigenvalue weighted by Gasteiger charge is -2.47. The lowest BCUT2D eigenvalue weighted by molar-refractivity contribution is 0.0489. The standard InChI is InChI=1S/C13H25N/c1-13(2,3)9-14-8-11-5-4-10-6-12(11)7-10/h10-12,14H,4-9H2,1-3H3. The third-order valence-electron chi connectivity index (χ3n) is 3.95. The minimum absolute atomic E-state index is 0.441. The van der Waals surface area contributed by atoms with E-state index in [9.17, 15) is 0 Å². The van der Waals surface area contributed by atoms with Crippen molar-refractivity contribution >= 4 is 0 Å². The van der Waals surface area contributed by atoms with E-state index >= 15 is 0 Å². The van der Waals surface area contributed by atoms with Crippen LogP contribution in [0.25, 0.3) is 0 Å². The fourth-order valence-corrected chi connectivity index (χ4v) is 2.99. The maximum absolute atomic E-state index is 3.65. The molecule has 1 N–H and O–H groups in total. The van der Waals surface area contributed by atoms with Crippen LogP contribution in [0.1, 0.15) is 46.5 Å². The summed E-state index contributed by atoms with van der Waals surface area (Å²) in [5.74, 6) is 3.21. The largest absolute Gasteiger partial charge is 0.316 e. The van der Waals surface area contributed by atoms with Crippen LogP contribution in [0.4, 0.5) is 0 Å². The van der Waals surface area contributed by atoms with Crippen molar-refractivity contribution in [2.24, 2.45) is 23.2 Å². The minimum atomic E-state index is 0.441. The third kappa shape index (κ3) is 2.50. The average molecular weight is 195 g/mol. The molecule has 0 spiro atoms. The second-order valence-electron chi connectivity index (χ2n) is 6.63. The zero-order valence-electron chi connectivity index (χ0n) is 9.97. The Balaban J connectivity index is 1.65. The summed E-state index contributed by atoms with van der Waals surface area (Å²) in [6.07, 6.45) is 6.09. The first-order chi connectivity index (χ1) is 6.54. The highest BCUT2D eigenvalue weighted by Gasteiger charge is 2.39. The van der Waals surface area contributed by atoms with E-state index in [0.717, 1.165) is 17.8 Å². The summed E-state index contributed by atoms with van der Waals surface area (Å²) in [7, 11) is 0. The molecular weight excluding hydrogens is 170 g/mol. The first kappa shape index (κ1) is 10.5.